The van der Waals surface area contributed by atoms with Gasteiger partial charge in [0.15, 0.2) is 0 Å². The second-order valence-corrected chi connectivity index (χ2v) is 8.14. The van der Waals surface area contributed by atoms with Crippen molar-refractivity contribution in [1.82, 2.24) is 10.2 Å². The minimum atomic E-state index is -0.475. The molecule has 0 unspecified atom stereocenters. The molecule has 2 amide bonds. The molecule has 164 valence electrons. The predicted molar refractivity (Wildman–Crippen MR) is 119 cm³/mol. The van der Waals surface area contributed by atoms with E-state index in [1.165, 1.54) is 0 Å². The number of aryl methyl sites for hydroxylation is 1. The van der Waals surface area contributed by atoms with Crippen LogP contribution in [0, 0.1) is 6.92 Å². The molecular formula is C24H29N3O4. The third-order valence-electron chi connectivity index (χ3n) is 6.34. The number of carbonyl (C=O) groups is 2. The summed E-state index contributed by atoms with van der Waals surface area (Å²) in [7, 11) is 3.14. The molecule has 2 aromatic rings. The van der Waals surface area contributed by atoms with Crippen molar-refractivity contribution in [2.24, 2.45) is 0 Å². The summed E-state index contributed by atoms with van der Waals surface area (Å²) in [5.74, 6) is 1.06. The van der Waals surface area contributed by atoms with Gasteiger partial charge in [-0.15, -0.1) is 0 Å². The summed E-state index contributed by atoms with van der Waals surface area (Å²) >= 11 is 0. The minimum Gasteiger partial charge on any atom is -0.497 e. The number of methoxy groups -OCH3 is 2. The molecule has 2 aromatic carbocycles. The standard InChI is InChI=1S/C24H29N3O4/c1-5-27-21-7-6-16(2)12-20(21)22(28)25-24(27)8-10-26(11-9-24)23(29)17-13-18(30-3)15-19(14-17)31-4/h6-7,12-15H,5,8-11H2,1-4H3,(H,25,28). The van der Waals surface area contributed by atoms with Crippen LogP contribution in [0.2, 0.25) is 0 Å². The lowest BCUT2D eigenvalue weighted by molar-refractivity contribution is 0.0603. The van der Waals surface area contributed by atoms with Gasteiger partial charge < -0.3 is 24.6 Å². The number of piperidine rings is 1. The number of fused-ring (bicyclic) bond motifs is 1. The Balaban J connectivity index is 1.56. The average Bonchev–Trinajstić information content (AvgIpc) is 2.79. The van der Waals surface area contributed by atoms with Crippen LogP contribution in [-0.2, 0) is 0 Å². The first-order valence-corrected chi connectivity index (χ1v) is 10.6. The summed E-state index contributed by atoms with van der Waals surface area (Å²) in [6.45, 7) is 5.97. The highest BCUT2D eigenvalue weighted by atomic mass is 16.5. The van der Waals surface area contributed by atoms with Gasteiger partial charge in [-0.05, 0) is 38.1 Å². The monoisotopic (exact) mass is 423 g/mol. The van der Waals surface area contributed by atoms with Crippen molar-refractivity contribution in [2.75, 3.05) is 38.8 Å². The molecule has 0 aliphatic carbocycles. The number of likely N-dealkylation sites (tertiary alicyclic amines) is 1. The zero-order chi connectivity index (χ0) is 22.2. The van der Waals surface area contributed by atoms with Crippen LogP contribution in [0.4, 0.5) is 5.69 Å². The maximum Gasteiger partial charge on any atom is 0.255 e. The Hall–Kier alpha value is -3.22. The quantitative estimate of drug-likeness (QED) is 0.818. The molecule has 0 atom stereocenters. The molecule has 7 nitrogen and oxygen atoms in total. The summed E-state index contributed by atoms with van der Waals surface area (Å²) < 4.78 is 10.6. The van der Waals surface area contributed by atoms with E-state index >= 15 is 0 Å². The van der Waals surface area contributed by atoms with Crippen molar-refractivity contribution in [3.8, 4) is 11.5 Å². The van der Waals surface area contributed by atoms with E-state index in [9.17, 15) is 9.59 Å². The molecule has 1 spiro atoms. The molecule has 0 aromatic heterocycles. The molecule has 0 saturated carbocycles. The fourth-order valence-electron chi connectivity index (χ4n) is 4.70. The first kappa shape index (κ1) is 21.0. The Labute approximate surface area is 182 Å². The number of nitrogens with zero attached hydrogens (tertiary/aromatic N) is 2. The van der Waals surface area contributed by atoms with Crippen LogP contribution in [0.3, 0.4) is 0 Å². The van der Waals surface area contributed by atoms with E-state index in [-0.39, 0.29) is 11.8 Å². The highest BCUT2D eigenvalue weighted by Crippen LogP contribution is 2.38. The van der Waals surface area contributed by atoms with Crippen LogP contribution in [0.5, 0.6) is 11.5 Å². The molecule has 1 fully saturated rings. The van der Waals surface area contributed by atoms with Crippen molar-refractivity contribution in [2.45, 2.75) is 32.4 Å². The van der Waals surface area contributed by atoms with Gasteiger partial charge in [0.05, 0.1) is 25.5 Å². The van der Waals surface area contributed by atoms with Crippen LogP contribution < -0.4 is 19.7 Å². The van der Waals surface area contributed by atoms with E-state index in [1.807, 2.05) is 30.0 Å². The summed E-state index contributed by atoms with van der Waals surface area (Å²) in [5, 5.41) is 3.26. The largest absolute Gasteiger partial charge is 0.497 e. The third-order valence-corrected chi connectivity index (χ3v) is 6.34. The zero-order valence-corrected chi connectivity index (χ0v) is 18.5. The normalized spacial score (nSPS) is 17.2. The molecule has 2 aliphatic rings. The molecule has 2 aliphatic heterocycles. The summed E-state index contributed by atoms with van der Waals surface area (Å²) in [6, 6.07) is 11.2. The number of anilines is 1. The molecule has 0 bridgehead atoms. The number of ether oxygens (including phenoxy) is 2. The van der Waals surface area contributed by atoms with E-state index in [0.717, 1.165) is 23.4 Å². The number of benzene rings is 2. The molecule has 1 N–H and O–H groups in total. The lowest BCUT2D eigenvalue weighted by Crippen LogP contribution is -2.68. The molecule has 0 radical (unpaired) electrons. The zero-order valence-electron chi connectivity index (χ0n) is 18.5. The first-order valence-electron chi connectivity index (χ1n) is 10.6. The van der Waals surface area contributed by atoms with Crippen LogP contribution in [0.15, 0.2) is 36.4 Å². The Kier molecular flexibility index (Phi) is 5.52. The topological polar surface area (TPSA) is 71.1 Å². The predicted octanol–water partition coefficient (Wildman–Crippen LogP) is 3.21. The van der Waals surface area contributed by atoms with E-state index in [0.29, 0.717) is 43.0 Å². The van der Waals surface area contributed by atoms with E-state index in [1.54, 1.807) is 32.4 Å². The van der Waals surface area contributed by atoms with Gasteiger partial charge in [-0.25, -0.2) is 0 Å². The summed E-state index contributed by atoms with van der Waals surface area (Å²) in [4.78, 5) is 30.2. The SMILES string of the molecule is CCN1c2ccc(C)cc2C(=O)NC12CCN(C(=O)c1cc(OC)cc(OC)c1)CC2. The van der Waals surface area contributed by atoms with Gasteiger partial charge in [-0.3, -0.25) is 9.59 Å². The van der Waals surface area contributed by atoms with Gasteiger partial charge in [0.2, 0.25) is 0 Å². The number of rotatable bonds is 4. The fourth-order valence-corrected chi connectivity index (χ4v) is 4.70. The van der Waals surface area contributed by atoms with Crippen LogP contribution in [-0.4, -0.2) is 56.2 Å². The molecule has 7 heteroatoms. The van der Waals surface area contributed by atoms with Crippen LogP contribution in [0.1, 0.15) is 46.0 Å². The number of hydrogen-bond acceptors (Lipinski definition) is 5. The number of hydrogen-bond donors (Lipinski definition) is 1. The second-order valence-electron chi connectivity index (χ2n) is 8.14. The van der Waals surface area contributed by atoms with Crippen molar-refractivity contribution in [3.63, 3.8) is 0 Å². The van der Waals surface area contributed by atoms with Gasteiger partial charge >= 0.3 is 0 Å². The van der Waals surface area contributed by atoms with Crippen molar-refractivity contribution >= 4 is 17.5 Å². The fraction of sp³-hybridized carbons (Fsp3) is 0.417. The van der Waals surface area contributed by atoms with Gasteiger partial charge in [0, 0.05) is 44.1 Å². The van der Waals surface area contributed by atoms with Gasteiger partial charge in [0.25, 0.3) is 11.8 Å². The Bertz CT molecular complexity index is 990. The lowest BCUT2D eigenvalue weighted by Gasteiger charge is -2.52. The maximum atomic E-state index is 13.2. The van der Waals surface area contributed by atoms with Crippen LogP contribution >= 0.6 is 0 Å². The molecule has 4 rings (SSSR count). The Morgan fingerprint density at radius 1 is 1.06 bits per heavy atom. The molecule has 2 heterocycles. The average molecular weight is 424 g/mol. The number of carbonyl (C=O) groups excluding carboxylic acids is 2. The molecular weight excluding hydrogens is 394 g/mol. The van der Waals surface area contributed by atoms with Crippen molar-refractivity contribution < 1.29 is 19.1 Å². The third kappa shape index (κ3) is 3.69. The van der Waals surface area contributed by atoms with E-state index in [2.05, 4.69) is 17.1 Å². The second kappa shape index (κ2) is 8.13. The first-order chi connectivity index (χ1) is 14.9. The number of amides is 2. The highest BCUT2D eigenvalue weighted by Gasteiger charge is 2.45. The van der Waals surface area contributed by atoms with Crippen LogP contribution in [0.25, 0.3) is 0 Å². The Morgan fingerprint density at radius 2 is 1.71 bits per heavy atom. The summed E-state index contributed by atoms with van der Waals surface area (Å²) in [5.41, 5.74) is 2.81. The van der Waals surface area contributed by atoms with Gasteiger partial charge in [0.1, 0.15) is 17.2 Å². The van der Waals surface area contributed by atoms with Crippen molar-refractivity contribution in [1.29, 1.82) is 0 Å². The maximum absolute atomic E-state index is 13.2. The van der Waals surface area contributed by atoms with E-state index < -0.39 is 5.66 Å². The molecule has 1 saturated heterocycles. The Morgan fingerprint density at radius 3 is 2.29 bits per heavy atom. The van der Waals surface area contributed by atoms with Crippen molar-refractivity contribution in [3.05, 3.63) is 53.1 Å². The highest BCUT2D eigenvalue weighted by molar-refractivity contribution is 6.03. The van der Waals surface area contributed by atoms with Gasteiger partial charge in [-0.1, -0.05) is 11.6 Å². The summed E-state index contributed by atoms with van der Waals surface area (Å²) in [6.07, 6.45) is 1.32. The number of nitrogens with one attached hydrogen (secondary N) is 1. The van der Waals surface area contributed by atoms with E-state index in [4.69, 9.17) is 9.47 Å². The smallest absolute Gasteiger partial charge is 0.255 e. The van der Waals surface area contributed by atoms with Gasteiger partial charge in [-0.2, -0.15) is 0 Å². The lowest BCUT2D eigenvalue weighted by atomic mass is 9.89. The minimum absolute atomic E-state index is 0.0410. The molecule has 31 heavy (non-hydrogen) atoms.